The Labute approximate surface area is 81.0 Å². The third-order valence-corrected chi connectivity index (χ3v) is 2.23. The largest absolute Gasteiger partial charge is 0.356 e. The molecule has 1 N–H and O–H groups in total. The van der Waals surface area contributed by atoms with E-state index in [0.29, 0.717) is 11.9 Å². The Morgan fingerprint density at radius 1 is 1.50 bits per heavy atom. The fourth-order valence-corrected chi connectivity index (χ4v) is 1.32. The van der Waals surface area contributed by atoms with Crippen molar-refractivity contribution in [1.29, 1.82) is 0 Å². The van der Waals surface area contributed by atoms with Crippen molar-refractivity contribution in [1.82, 2.24) is 5.32 Å². The van der Waals surface area contributed by atoms with Crippen LogP contribution in [0.1, 0.15) is 20.3 Å². The molecule has 0 aliphatic heterocycles. The molecule has 0 aliphatic rings. The van der Waals surface area contributed by atoms with Crippen molar-refractivity contribution in [3.8, 4) is 0 Å². The summed E-state index contributed by atoms with van der Waals surface area (Å²) in [6.07, 6.45) is 0.769. The van der Waals surface area contributed by atoms with Crippen molar-refractivity contribution in [2.75, 3.05) is 11.9 Å². The van der Waals surface area contributed by atoms with E-state index < -0.39 is 0 Å². The molecule has 0 saturated heterocycles. The van der Waals surface area contributed by atoms with E-state index in [-0.39, 0.29) is 17.6 Å². The quantitative estimate of drug-likeness (QED) is 0.727. The summed E-state index contributed by atoms with van der Waals surface area (Å²) >= 11 is 3.10. The molecule has 0 saturated carbocycles. The smallest absolute Gasteiger partial charge is 0.216 e. The minimum Gasteiger partial charge on any atom is -0.356 e. The summed E-state index contributed by atoms with van der Waals surface area (Å²) in [5.41, 5.74) is 0. The van der Waals surface area contributed by atoms with Gasteiger partial charge in [0, 0.05) is 19.4 Å². The molecule has 1 atom stereocenters. The van der Waals surface area contributed by atoms with Crippen LogP contribution in [0.25, 0.3) is 0 Å². The van der Waals surface area contributed by atoms with Crippen molar-refractivity contribution in [3.05, 3.63) is 0 Å². The zero-order valence-corrected chi connectivity index (χ0v) is 8.98. The molecule has 0 radical (unpaired) electrons. The summed E-state index contributed by atoms with van der Waals surface area (Å²) < 4.78 is 0. The van der Waals surface area contributed by atoms with Crippen molar-refractivity contribution in [3.63, 3.8) is 0 Å². The number of nitrogens with one attached hydrogen (secondary N) is 1. The highest BCUT2D eigenvalue weighted by Crippen LogP contribution is 2.04. The van der Waals surface area contributed by atoms with Gasteiger partial charge in [0.2, 0.25) is 5.91 Å². The van der Waals surface area contributed by atoms with Crippen molar-refractivity contribution in [2.45, 2.75) is 20.3 Å². The number of hydrogen-bond acceptors (Lipinski definition) is 2. The zero-order valence-electron chi connectivity index (χ0n) is 7.39. The molecule has 1 amide bonds. The molecule has 0 aromatic carbocycles. The van der Waals surface area contributed by atoms with Gasteiger partial charge < -0.3 is 5.32 Å². The number of alkyl halides is 1. The van der Waals surface area contributed by atoms with E-state index in [2.05, 4.69) is 21.2 Å². The number of carbonyl (C=O) groups excluding carboxylic acids is 2. The highest BCUT2D eigenvalue weighted by Gasteiger charge is 2.14. The number of carbonyl (C=O) groups is 2. The second-order valence-electron chi connectivity index (χ2n) is 2.64. The van der Waals surface area contributed by atoms with Gasteiger partial charge in [-0.25, -0.2) is 0 Å². The van der Waals surface area contributed by atoms with Crippen molar-refractivity contribution >= 4 is 27.6 Å². The van der Waals surface area contributed by atoms with Crippen LogP contribution in [0, 0.1) is 5.92 Å². The van der Waals surface area contributed by atoms with E-state index in [0.717, 1.165) is 6.42 Å². The fraction of sp³-hybridized carbons (Fsp3) is 0.750. The first-order valence-corrected chi connectivity index (χ1v) is 5.07. The zero-order chi connectivity index (χ0) is 9.56. The van der Waals surface area contributed by atoms with E-state index >= 15 is 0 Å². The predicted octanol–water partition coefficient (Wildman–Crippen LogP) is 1.11. The third-order valence-electron chi connectivity index (χ3n) is 1.68. The Hall–Kier alpha value is -0.380. The SMILES string of the molecule is CCC(CNC(C)=O)C(=O)CBr. The molecule has 0 heterocycles. The molecule has 3 nitrogen and oxygen atoms in total. The van der Waals surface area contributed by atoms with Gasteiger partial charge in [-0.3, -0.25) is 9.59 Å². The van der Waals surface area contributed by atoms with E-state index in [1.54, 1.807) is 0 Å². The lowest BCUT2D eigenvalue weighted by Crippen LogP contribution is -2.31. The van der Waals surface area contributed by atoms with E-state index in [1.807, 2.05) is 6.92 Å². The second-order valence-corrected chi connectivity index (χ2v) is 3.20. The molecule has 0 aromatic rings. The lowest BCUT2D eigenvalue weighted by atomic mass is 10.0. The fourth-order valence-electron chi connectivity index (χ4n) is 0.862. The van der Waals surface area contributed by atoms with Crippen LogP contribution in [-0.2, 0) is 9.59 Å². The van der Waals surface area contributed by atoms with Gasteiger partial charge >= 0.3 is 0 Å². The van der Waals surface area contributed by atoms with Crippen LogP contribution >= 0.6 is 15.9 Å². The second kappa shape index (κ2) is 6.17. The van der Waals surface area contributed by atoms with Gasteiger partial charge in [0.05, 0.1) is 5.33 Å². The summed E-state index contributed by atoms with van der Waals surface area (Å²) in [4.78, 5) is 21.7. The first-order valence-electron chi connectivity index (χ1n) is 3.94. The first kappa shape index (κ1) is 11.6. The minimum absolute atomic E-state index is 0.0479. The molecule has 12 heavy (non-hydrogen) atoms. The average Bonchev–Trinajstić information content (AvgIpc) is 2.04. The van der Waals surface area contributed by atoms with Gasteiger partial charge in [-0.2, -0.15) is 0 Å². The van der Waals surface area contributed by atoms with Crippen LogP contribution in [0.4, 0.5) is 0 Å². The lowest BCUT2D eigenvalue weighted by Gasteiger charge is -2.11. The van der Waals surface area contributed by atoms with Crippen LogP contribution < -0.4 is 5.32 Å². The maximum absolute atomic E-state index is 11.2. The maximum Gasteiger partial charge on any atom is 0.216 e. The summed E-state index contributed by atoms with van der Waals surface area (Å²) in [5, 5.41) is 3.00. The maximum atomic E-state index is 11.2. The summed E-state index contributed by atoms with van der Waals surface area (Å²) in [6, 6.07) is 0. The lowest BCUT2D eigenvalue weighted by molar-refractivity contribution is -0.121. The summed E-state index contributed by atoms with van der Waals surface area (Å²) in [7, 11) is 0. The molecule has 0 aliphatic carbocycles. The molecular weight excluding hydrogens is 222 g/mol. The van der Waals surface area contributed by atoms with Crippen molar-refractivity contribution < 1.29 is 9.59 Å². The van der Waals surface area contributed by atoms with Gasteiger partial charge in [-0.15, -0.1) is 0 Å². The normalized spacial score (nSPS) is 12.2. The van der Waals surface area contributed by atoms with Gasteiger partial charge in [0.15, 0.2) is 0 Å². The van der Waals surface area contributed by atoms with Crippen LogP contribution in [0.5, 0.6) is 0 Å². The Balaban J connectivity index is 3.83. The Kier molecular flexibility index (Phi) is 5.98. The standard InChI is InChI=1S/C8H14BrNO2/c1-3-7(8(12)4-9)5-10-6(2)11/h7H,3-5H2,1-2H3,(H,10,11). The van der Waals surface area contributed by atoms with Crippen LogP contribution in [0.2, 0.25) is 0 Å². The van der Waals surface area contributed by atoms with Crippen molar-refractivity contribution in [2.24, 2.45) is 5.92 Å². The van der Waals surface area contributed by atoms with Crippen LogP contribution in [0.15, 0.2) is 0 Å². The molecule has 1 unspecified atom stereocenters. The molecule has 0 bridgehead atoms. The highest BCUT2D eigenvalue weighted by atomic mass is 79.9. The third kappa shape index (κ3) is 4.49. The number of hydrogen-bond donors (Lipinski definition) is 1. The number of amides is 1. The minimum atomic E-state index is -0.0872. The number of Topliss-reactive ketones (excluding diaryl/α,β-unsaturated/α-hetero) is 1. The molecule has 4 heteroatoms. The van der Waals surface area contributed by atoms with E-state index in [1.165, 1.54) is 6.92 Å². The average molecular weight is 236 g/mol. The van der Waals surface area contributed by atoms with Gasteiger partial charge in [-0.05, 0) is 6.42 Å². The highest BCUT2D eigenvalue weighted by molar-refractivity contribution is 9.09. The first-order chi connectivity index (χ1) is 5.61. The molecule has 0 rings (SSSR count). The van der Waals surface area contributed by atoms with E-state index in [4.69, 9.17) is 0 Å². The topological polar surface area (TPSA) is 46.2 Å². The summed E-state index contributed by atoms with van der Waals surface area (Å²) in [5.74, 6) is 0.00958. The summed E-state index contributed by atoms with van der Waals surface area (Å²) in [6.45, 7) is 3.84. The number of halogens is 1. The molecular formula is C8H14BrNO2. The number of rotatable bonds is 5. The molecule has 0 spiro atoms. The Morgan fingerprint density at radius 2 is 2.08 bits per heavy atom. The van der Waals surface area contributed by atoms with Crippen LogP contribution in [-0.4, -0.2) is 23.6 Å². The number of ketones is 1. The monoisotopic (exact) mass is 235 g/mol. The van der Waals surface area contributed by atoms with E-state index in [9.17, 15) is 9.59 Å². The van der Waals surface area contributed by atoms with Gasteiger partial charge in [0.1, 0.15) is 5.78 Å². The molecule has 0 fully saturated rings. The molecule has 70 valence electrons. The van der Waals surface area contributed by atoms with Crippen LogP contribution in [0.3, 0.4) is 0 Å². The Morgan fingerprint density at radius 3 is 2.42 bits per heavy atom. The van der Waals surface area contributed by atoms with Gasteiger partial charge in [0.25, 0.3) is 0 Å². The molecule has 0 aromatic heterocycles. The predicted molar refractivity (Wildman–Crippen MR) is 51.3 cm³/mol. The van der Waals surface area contributed by atoms with Gasteiger partial charge in [-0.1, -0.05) is 22.9 Å². The Bertz CT molecular complexity index is 170.